The van der Waals surface area contributed by atoms with Crippen molar-refractivity contribution in [1.82, 2.24) is 5.32 Å². The van der Waals surface area contributed by atoms with E-state index >= 15 is 0 Å². The molecule has 114 valence electrons. The van der Waals surface area contributed by atoms with Gasteiger partial charge in [0, 0.05) is 0 Å². The molecule has 0 aliphatic carbocycles. The van der Waals surface area contributed by atoms with Crippen molar-refractivity contribution in [2.45, 2.75) is 19.9 Å². The Balaban J connectivity index is 2.38. The average Bonchev–Trinajstić information content (AvgIpc) is 2.77. The van der Waals surface area contributed by atoms with Crippen molar-refractivity contribution in [2.75, 3.05) is 13.2 Å². The van der Waals surface area contributed by atoms with Crippen LogP contribution in [0, 0.1) is 0 Å². The number of ether oxygens (including phenoxy) is 1. The SMILES string of the molecule is CCNC(c1ccc(OCC)c(Br)c1)c1cc(Br)sc1Br. The number of halogens is 3. The van der Waals surface area contributed by atoms with E-state index in [1.54, 1.807) is 11.3 Å². The predicted octanol–water partition coefficient (Wildman–Crippen LogP) is 6.13. The molecule has 2 nitrogen and oxygen atoms in total. The molecule has 1 heterocycles. The summed E-state index contributed by atoms with van der Waals surface area (Å²) in [7, 11) is 0. The lowest BCUT2D eigenvalue weighted by molar-refractivity contribution is 0.338. The van der Waals surface area contributed by atoms with Crippen molar-refractivity contribution < 1.29 is 4.74 Å². The van der Waals surface area contributed by atoms with Crippen molar-refractivity contribution in [3.05, 3.63) is 47.4 Å². The number of hydrogen-bond donors (Lipinski definition) is 1. The molecule has 0 amide bonds. The van der Waals surface area contributed by atoms with Gasteiger partial charge in [0.1, 0.15) is 5.75 Å². The molecule has 0 spiro atoms. The summed E-state index contributed by atoms with van der Waals surface area (Å²) in [6.45, 7) is 5.67. The van der Waals surface area contributed by atoms with Crippen LogP contribution in [0.4, 0.5) is 0 Å². The van der Waals surface area contributed by atoms with Gasteiger partial charge in [-0.15, -0.1) is 11.3 Å². The largest absolute Gasteiger partial charge is 0.493 e. The van der Waals surface area contributed by atoms with Crippen LogP contribution in [-0.4, -0.2) is 13.2 Å². The summed E-state index contributed by atoms with van der Waals surface area (Å²) in [5.41, 5.74) is 2.45. The van der Waals surface area contributed by atoms with E-state index in [4.69, 9.17) is 4.74 Å². The lowest BCUT2D eigenvalue weighted by Crippen LogP contribution is -2.21. The highest BCUT2D eigenvalue weighted by molar-refractivity contribution is 9.12. The van der Waals surface area contributed by atoms with Gasteiger partial charge in [-0.3, -0.25) is 0 Å². The van der Waals surface area contributed by atoms with Crippen LogP contribution in [0.2, 0.25) is 0 Å². The minimum atomic E-state index is 0.152. The Morgan fingerprint density at radius 2 is 1.95 bits per heavy atom. The molecular weight excluding hydrogens is 482 g/mol. The van der Waals surface area contributed by atoms with E-state index in [0.717, 1.165) is 24.3 Å². The van der Waals surface area contributed by atoms with Crippen LogP contribution >= 0.6 is 59.1 Å². The van der Waals surface area contributed by atoms with Crippen LogP contribution in [0.3, 0.4) is 0 Å². The van der Waals surface area contributed by atoms with Crippen LogP contribution in [-0.2, 0) is 0 Å². The van der Waals surface area contributed by atoms with Crippen molar-refractivity contribution >= 4 is 59.1 Å². The Morgan fingerprint density at radius 3 is 2.48 bits per heavy atom. The summed E-state index contributed by atoms with van der Waals surface area (Å²) in [4.78, 5) is 0. The zero-order valence-corrected chi connectivity index (χ0v) is 17.3. The zero-order chi connectivity index (χ0) is 15.4. The number of hydrogen-bond acceptors (Lipinski definition) is 3. The molecule has 1 N–H and O–H groups in total. The maximum atomic E-state index is 5.58. The van der Waals surface area contributed by atoms with Gasteiger partial charge in [0.15, 0.2) is 0 Å². The fourth-order valence-corrected chi connectivity index (χ4v) is 5.54. The normalized spacial score (nSPS) is 12.4. The van der Waals surface area contributed by atoms with Gasteiger partial charge in [0.05, 0.1) is 24.7 Å². The first-order valence-electron chi connectivity index (χ1n) is 6.67. The highest BCUT2D eigenvalue weighted by atomic mass is 79.9. The second kappa shape index (κ2) is 8.11. The van der Waals surface area contributed by atoms with Gasteiger partial charge in [-0.1, -0.05) is 13.0 Å². The molecule has 1 unspecified atom stereocenters. The third-order valence-corrected chi connectivity index (χ3v) is 6.00. The molecular formula is C15H16Br3NOS. The molecule has 0 radical (unpaired) electrons. The van der Waals surface area contributed by atoms with Crippen LogP contribution in [0.15, 0.2) is 36.3 Å². The Kier molecular flexibility index (Phi) is 6.75. The van der Waals surface area contributed by atoms with Crippen LogP contribution in [0.5, 0.6) is 5.75 Å². The maximum absolute atomic E-state index is 5.58. The van der Waals surface area contributed by atoms with E-state index in [2.05, 4.69) is 78.2 Å². The zero-order valence-electron chi connectivity index (χ0n) is 11.8. The molecule has 1 atom stereocenters. The summed E-state index contributed by atoms with van der Waals surface area (Å²) >= 11 is 12.5. The minimum Gasteiger partial charge on any atom is -0.493 e. The number of thiophene rings is 1. The van der Waals surface area contributed by atoms with Crippen molar-refractivity contribution in [2.24, 2.45) is 0 Å². The lowest BCUT2D eigenvalue weighted by Gasteiger charge is -2.19. The highest BCUT2D eigenvalue weighted by Crippen LogP contribution is 2.39. The van der Waals surface area contributed by atoms with Crippen molar-refractivity contribution in [1.29, 1.82) is 0 Å². The summed E-state index contributed by atoms with van der Waals surface area (Å²) in [5, 5.41) is 3.54. The first-order valence-corrected chi connectivity index (χ1v) is 9.86. The lowest BCUT2D eigenvalue weighted by atomic mass is 10.0. The maximum Gasteiger partial charge on any atom is 0.133 e. The Morgan fingerprint density at radius 1 is 1.19 bits per heavy atom. The topological polar surface area (TPSA) is 21.3 Å². The van der Waals surface area contributed by atoms with Gasteiger partial charge in [-0.2, -0.15) is 0 Å². The van der Waals surface area contributed by atoms with Crippen molar-refractivity contribution in [3.63, 3.8) is 0 Å². The van der Waals surface area contributed by atoms with E-state index in [0.29, 0.717) is 6.61 Å². The Hall–Kier alpha value is 0.120. The van der Waals surface area contributed by atoms with E-state index in [9.17, 15) is 0 Å². The third-order valence-electron chi connectivity index (χ3n) is 2.99. The molecule has 2 rings (SSSR count). The minimum absolute atomic E-state index is 0.152. The molecule has 0 aliphatic heterocycles. The summed E-state index contributed by atoms with van der Waals surface area (Å²) < 4.78 is 8.83. The molecule has 21 heavy (non-hydrogen) atoms. The Labute approximate surface area is 154 Å². The molecule has 0 saturated carbocycles. The predicted molar refractivity (Wildman–Crippen MR) is 101 cm³/mol. The van der Waals surface area contributed by atoms with E-state index < -0.39 is 0 Å². The smallest absolute Gasteiger partial charge is 0.133 e. The second-order valence-electron chi connectivity index (χ2n) is 4.39. The molecule has 0 fully saturated rings. The first-order chi connectivity index (χ1) is 10.1. The van der Waals surface area contributed by atoms with E-state index in [1.807, 2.05) is 13.0 Å². The van der Waals surface area contributed by atoms with Crippen LogP contribution in [0.1, 0.15) is 31.0 Å². The molecule has 6 heteroatoms. The molecule has 2 aromatic rings. The fraction of sp³-hybridized carbons (Fsp3) is 0.333. The average molecular weight is 498 g/mol. The first kappa shape index (κ1) is 17.5. The van der Waals surface area contributed by atoms with Gasteiger partial charge in [0.2, 0.25) is 0 Å². The van der Waals surface area contributed by atoms with E-state index in [1.165, 1.54) is 11.1 Å². The highest BCUT2D eigenvalue weighted by Gasteiger charge is 2.19. The van der Waals surface area contributed by atoms with Gasteiger partial charge < -0.3 is 10.1 Å². The number of benzene rings is 1. The standard InChI is InChI=1S/C15H16Br3NOS/c1-3-19-14(10-8-13(17)21-15(10)18)9-5-6-12(20-4-2)11(16)7-9/h5-8,14,19H,3-4H2,1-2H3. The number of rotatable bonds is 6. The third kappa shape index (κ3) is 4.32. The monoisotopic (exact) mass is 495 g/mol. The van der Waals surface area contributed by atoms with Crippen LogP contribution < -0.4 is 10.1 Å². The number of nitrogens with one attached hydrogen (secondary N) is 1. The second-order valence-corrected chi connectivity index (χ2v) is 9.00. The van der Waals surface area contributed by atoms with Gasteiger partial charge in [-0.05, 0) is 90.6 Å². The van der Waals surface area contributed by atoms with E-state index in [-0.39, 0.29) is 6.04 Å². The molecule has 0 saturated heterocycles. The van der Waals surface area contributed by atoms with Gasteiger partial charge in [-0.25, -0.2) is 0 Å². The molecule has 0 bridgehead atoms. The van der Waals surface area contributed by atoms with Gasteiger partial charge in [0.25, 0.3) is 0 Å². The fourth-order valence-electron chi connectivity index (χ4n) is 2.13. The quantitative estimate of drug-likeness (QED) is 0.518. The van der Waals surface area contributed by atoms with Crippen molar-refractivity contribution in [3.8, 4) is 5.75 Å². The molecule has 1 aromatic heterocycles. The molecule has 0 aliphatic rings. The molecule has 1 aromatic carbocycles. The van der Waals surface area contributed by atoms with Gasteiger partial charge >= 0.3 is 0 Å². The van der Waals surface area contributed by atoms with Crippen LogP contribution in [0.25, 0.3) is 0 Å². The Bertz CT molecular complexity index is 615. The summed E-state index contributed by atoms with van der Waals surface area (Å²) in [5.74, 6) is 0.877. The summed E-state index contributed by atoms with van der Waals surface area (Å²) in [6, 6.07) is 8.56. The summed E-state index contributed by atoms with van der Waals surface area (Å²) in [6.07, 6.45) is 0.